The van der Waals surface area contributed by atoms with Crippen molar-refractivity contribution in [1.82, 2.24) is 5.43 Å². The lowest BCUT2D eigenvalue weighted by molar-refractivity contribution is 0.413. The van der Waals surface area contributed by atoms with Gasteiger partial charge >= 0.3 is 0 Å². The van der Waals surface area contributed by atoms with Crippen LogP contribution >= 0.6 is 27.5 Å². The van der Waals surface area contributed by atoms with E-state index in [1.807, 2.05) is 18.2 Å². The minimum atomic E-state index is -0.446. The van der Waals surface area contributed by atoms with Crippen molar-refractivity contribution < 1.29 is 9.13 Å². The lowest BCUT2D eigenvalue weighted by atomic mass is 9.99. The van der Waals surface area contributed by atoms with E-state index in [9.17, 15) is 4.39 Å². The molecule has 112 valence electrons. The molecule has 1 atom stereocenters. The Balaban J connectivity index is 2.28. The van der Waals surface area contributed by atoms with Gasteiger partial charge in [-0.15, -0.1) is 0 Å². The molecule has 0 aliphatic heterocycles. The van der Waals surface area contributed by atoms with Crippen molar-refractivity contribution in [3.05, 3.63) is 62.8 Å². The summed E-state index contributed by atoms with van der Waals surface area (Å²) in [6, 6.07) is 10.1. The molecule has 0 radical (unpaired) electrons. The van der Waals surface area contributed by atoms with E-state index in [0.717, 1.165) is 21.3 Å². The summed E-state index contributed by atoms with van der Waals surface area (Å²) >= 11 is 9.33. The highest BCUT2D eigenvalue weighted by atomic mass is 79.9. The number of rotatable bonds is 5. The molecule has 21 heavy (non-hydrogen) atoms. The second-order valence-corrected chi connectivity index (χ2v) is 5.82. The average molecular weight is 374 g/mol. The maximum atomic E-state index is 13.2. The summed E-state index contributed by atoms with van der Waals surface area (Å²) in [5, 5.41) is 0.0810. The molecule has 0 bridgehead atoms. The fraction of sp³-hybridized carbons (Fsp3) is 0.200. The van der Waals surface area contributed by atoms with Crippen LogP contribution in [-0.2, 0) is 6.42 Å². The van der Waals surface area contributed by atoms with Crippen LogP contribution in [0.3, 0.4) is 0 Å². The highest BCUT2D eigenvalue weighted by molar-refractivity contribution is 9.10. The van der Waals surface area contributed by atoms with E-state index in [0.29, 0.717) is 6.42 Å². The Labute approximate surface area is 136 Å². The standard InChI is InChI=1S/C15H15BrClFN2O/c1-21-11-3-4-12(16)10(6-11)8-15(20-19)9-2-5-14(18)13(17)7-9/h2-7,15,20H,8,19H2,1H3. The molecular weight excluding hydrogens is 359 g/mol. The number of nitrogens with two attached hydrogens (primary N) is 1. The Morgan fingerprint density at radius 1 is 1.33 bits per heavy atom. The summed E-state index contributed by atoms with van der Waals surface area (Å²) in [5.41, 5.74) is 4.58. The van der Waals surface area contributed by atoms with E-state index in [2.05, 4.69) is 21.4 Å². The molecule has 2 aromatic carbocycles. The molecular formula is C15H15BrClFN2O. The van der Waals surface area contributed by atoms with Crippen molar-refractivity contribution in [1.29, 1.82) is 0 Å². The molecule has 0 fully saturated rings. The topological polar surface area (TPSA) is 47.3 Å². The molecule has 0 amide bonds. The normalized spacial score (nSPS) is 12.2. The lowest BCUT2D eigenvalue weighted by Crippen LogP contribution is -2.29. The molecule has 0 aromatic heterocycles. The van der Waals surface area contributed by atoms with Crippen LogP contribution in [0.5, 0.6) is 5.75 Å². The van der Waals surface area contributed by atoms with Crippen molar-refractivity contribution in [3.8, 4) is 5.75 Å². The molecule has 0 spiro atoms. The molecule has 1 unspecified atom stereocenters. The van der Waals surface area contributed by atoms with Gasteiger partial charge in [-0.1, -0.05) is 33.6 Å². The van der Waals surface area contributed by atoms with Gasteiger partial charge in [0.15, 0.2) is 0 Å². The zero-order valence-corrected chi connectivity index (χ0v) is 13.7. The van der Waals surface area contributed by atoms with Gasteiger partial charge in [-0.2, -0.15) is 0 Å². The zero-order chi connectivity index (χ0) is 15.4. The summed E-state index contributed by atoms with van der Waals surface area (Å²) < 4.78 is 19.4. The molecule has 0 aliphatic rings. The zero-order valence-electron chi connectivity index (χ0n) is 11.4. The number of nitrogens with one attached hydrogen (secondary N) is 1. The van der Waals surface area contributed by atoms with E-state index in [1.54, 1.807) is 19.2 Å². The van der Waals surface area contributed by atoms with Crippen LogP contribution in [0.4, 0.5) is 4.39 Å². The third-order valence-electron chi connectivity index (χ3n) is 3.22. The van der Waals surface area contributed by atoms with Crippen molar-refractivity contribution in [2.45, 2.75) is 12.5 Å². The van der Waals surface area contributed by atoms with Gasteiger partial charge in [0.05, 0.1) is 18.2 Å². The number of hydrazine groups is 1. The molecule has 0 aliphatic carbocycles. The summed E-state index contributed by atoms with van der Waals surface area (Å²) in [7, 11) is 1.62. The Kier molecular flexibility index (Phi) is 5.58. The SMILES string of the molecule is COc1ccc(Br)c(CC(NN)c2ccc(F)c(Cl)c2)c1. The smallest absolute Gasteiger partial charge is 0.141 e. The molecule has 0 saturated heterocycles. The Hall–Kier alpha value is -1.14. The quantitative estimate of drug-likeness (QED) is 0.615. The monoisotopic (exact) mass is 372 g/mol. The van der Waals surface area contributed by atoms with Crippen molar-refractivity contribution >= 4 is 27.5 Å². The summed E-state index contributed by atoms with van der Waals surface area (Å²) in [6.07, 6.45) is 0.607. The first-order valence-electron chi connectivity index (χ1n) is 6.28. The van der Waals surface area contributed by atoms with Gasteiger partial charge in [0, 0.05) is 4.47 Å². The predicted molar refractivity (Wildman–Crippen MR) is 85.9 cm³/mol. The summed E-state index contributed by atoms with van der Waals surface area (Å²) in [4.78, 5) is 0. The van der Waals surface area contributed by atoms with E-state index < -0.39 is 5.82 Å². The number of hydrogen-bond acceptors (Lipinski definition) is 3. The number of methoxy groups -OCH3 is 1. The molecule has 2 aromatic rings. The van der Waals surface area contributed by atoms with Gasteiger partial charge in [-0.25, -0.2) is 4.39 Å². The Morgan fingerprint density at radius 2 is 2.10 bits per heavy atom. The first kappa shape index (κ1) is 16.2. The second kappa shape index (κ2) is 7.22. The first-order valence-corrected chi connectivity index (χ1v) is 7.45. The Morgan fingerprint density at radius 3 is 2.71 bits per heavy atom. The third kappa shape index (κ3) is 3.95. The number of ether oxygens (including phenoxy) is 1. The maximum Gasteiger partial charge on any atom is 0.141 e. The number of hydrogen-bond donors (Lipinski definition) is 2. The van der Waals surface area contributed by atoms with Crippen molar-refractivity contribution in [2.24, 2.45) is 5.84 Å². The van der Waals surface area contributed by atoms with Crippen LogP contribution in [0.2, 0.25) is 5.02 Å². The van der Waals surface area contributed by atoms with Crippen LogP contribution < -0.4 is 16.0 Å². The third-order valence-corrected chi connectivity index (χ3v) is 4.29. The van der Waals surface area contributed by atoms with E-state index in [1.165, 1.54) is 6.07 Å². The minimum absolute atomic E-state index is 0.0810. The van der Waals surface area contributed by atoms with E-state index in [-0.39, 0.29) is 11.1 Å². The Bertz CT molecular complexity index is 639. The second-order valence-electron chi connectivity index (χ2n) is 4.55. The van der Waals surface area contributed by atoms with Crippen LogP contribution in [0.15, 0.2) is 40.9 Å². The van der Waals surface area contributed by atoms with Crippen molar-refractivity contribution in [2.75, 3.05) is 7.11 Å². The first-order chi connectivity index (χ1) is 10.0. The molecule has 6 heteroatoms. The summed E-state index contributed by atoms with van der Waals surface area (Å²) in [5.74, 6) is 5.95. The van der Waals surface area contributed by atoms with E-state index in [4.69, 9.17) is 22.2 Å². The van der Waals surface area contributed by atoms with Gasteiger partial charge in [0.25, 0.3) is 0 Å². The lowest BCUT2D eigenvalue weighted by Gasteiger charge is -2.18. The number of halogens is 3. The van der Waals surface area contributed by atoms with Crippen molar-refractivity contribution in [3.63, 3.8) is 0 Å². The van der Waals surface area contributed by atoms with Crippen LogP contribution in [0, 0.1) is 5.82 Å². The van der Waals surface area contributed by atoms with Gasteiger partial charge in [-0.3, -0.25) is 11.3 Å². The highest BCUT2D eigenvalue weighted by Gasteiger charge is 2.14. The van der Waals surface area contributed by atoms with Crippen LogP contribution in [0.1, 0.15) is 17.2 Å². The minimum Gasteiger partial charge on any atom is -0.497 e. The van der Waals surface area contributed by atoms with Gasteiger partial charge < -0.3 is 4.74 Å². The maximum absolute atomic E-state index is 13.2. The molecule has 0 heterocycles. The van der Waals surface area contributed by atoms with Crippen LogP contribution in [0.25, 0.3) is 0 Å². The molecule has 3 N–H and O–H groups in total. The molecule has 2 rings (SSSR count). The fourth-order valence-electron chi connectivity index (χ4n) is 2.06. The fourth-order valence-corrected chi connectivity index (χ4v) is 2.65. The van der Waals surface area contributed by atoms with Gasteiger partial charge in [-0.05, 0) is 47.9 Å². The van der Waals surface area contributed by atoms with Gasteiger partial charge in [0.1, 0.15) is 11.6 Å². The predicted octanol–water partition coefficient (Wildman–Crippen LogP) is 4.00. The highest BCUT2D eigenvalue weighted by Crippen LogP contribution is 2.28. The largest absolute Gasteiger partial charge is 0.497 e. The van der Waals surface area contributed by atoms with Gasteiger partial charge in [0.2, 0.25) is 0 Å². The molecule has 0 saturated carbocycles. The average Bonchev–Trinajstić information content (AvgIpc) is 2.49. The summed E-state index contributed by atoms with van der Waals surface area (Å²) in [6.45, 7) is 0. The van der Waals surface area contributed by atoms with E-state index >= 15 is 0 Å². The molecule has 3 nitrogen and oxygen atoms in total. The number of benzene rings is 2. The van der Waals surface area contributed by atoms with Crippen LogP contribution in [-0.4, -0.2) is 7.11 Å².